The molecule has 0 radical (unpaired) electrons. The summed E-state index contributed by atoms with van der Waals surface area (Å²) in [5, 5.41) is 3.85. The Morgan fingerprint density at radius 1 is 0.735 bits per heavy atom. The van der Waals surface area contributed by atoms with Crippen molar-refractivity contribution in [1.29, 1.82) is 0 Å². The number of nitrogens with zero attached hydrogens (tertiary/aromatic N) is 1. The number of methoxy groups -OCH3 is 5. The van der Waals surface area contributed by atoms with Gasteiger partial charge in [0.1, 0.15) is 7.82 Å². The summed E-state index contributed by atoms with van der Waals surface area (Å²) in [4.78, 5) is 22.5. The van der Waals surface area contributed by atoms with Gasteiger partial charge in [-0.15, -0.1) is 0 Å². The Balaban J connectivity index is 0.00000289. The van der Waals surface area contributed by atoms with E-state index in [1.165, 1.54) is 47.8 Å². The van der Waals surface area contributed by atoms with E-state index in [0.29, 0.717) is 39.7 Å². The molecule has 0 saturated carbocycles. The van der Waals surface area contributed by atoms with Gasteiger partial charge in [0.15, 0.2) is 28.8 Å². The van der Waals surface area contributed by atoms with Crippen LogP contribution in [0.5, 0.6) is 34.5 Å². The number of hydrogen-bond donors (Lipinski definition) is 0. The second-order valence-corrected chi connectivity index (χ2v) is 7.31. The zero-order valence-electron chi connectivity index (χ0n) is 19.9. The van der Waals surface area contributed by atoms with E-state index in [0.717, 1.165) is 0 Å². The van der Waals surface area contributed by atoms with Crippen LogP contribution in [-0.2, 0) is 4.57 Å². The number of hydrogen-bond acceptors (Lipinski definition) is 11. The molecule has 14 heteroatoms. The van der Waals surface area contributed by atoms with Gasteiger partial charge in [-0.3, -0.25) is 0 Å². The molecule has 0 aliphatic carbocycles. The van der Waals surface area contributed by atoms with E-state index >= 15 is 0 Å². The fourth-order valence-electron chi connectivity index (χ4n) is 3.14. The molecule has 0 amide bonds. The van der Waals surface area contributed by atoms with Crippen LogP contribution in [0.25, 0.3) is 22.5 Å². The molecular weight excluding hydrogens is 491 g/mol. The minimum atomic E-state index is -5.38. The second kappa shape index (κ2) is 13.1. The maximum atomic E-state index is 11.2. The van der Waals surface area contributed by atoms with Gasteiger partial charge in [0.2, 0.25) is 11.5 Å². The van der Waals surface area contributed by atoms with Crippen molar-refractivity contribution < 1.29 is 106 Å². The Bertz CT molecular complexity index is 1140. The topological polar surface area (TPSA) is 145 Å². The Morgan fingerprint density at radius 2 is 1.18 bits per heavy atom. The summed E-state index contributed by atoms with van der Waals surface area (Å²) in [6, 6.07) is 6.18. The fourth-order valence-corrected chi connectivity index (χ4v) is 3.52. The summed E-state index contributed by atoms with van der Waals surface area (Å²) in [5.41, 5.74) is 1.36. The van der Waals surface area contributed by atoms with Crippen LogP contribution in [-0.4, -0.2) is 40.7 Å². The summed E-state index contributed by atoms with van der Waals surface area (Å²) >= 11 is 0. The molecule has 34 heavy (non-hydrogen) atoms. The van der Waals surface area contributed by atoms with Crippen LogP contribution in [0.3, 0.4) is 0 Å². The van der Waals surface area contributed by atoms with E-state index in [-0.39, 0.29) is 76.4 Å². The first-order valence-electron chi connectivity index (χ1n) is 8.99. The van der Waals surface area contributed by atoms with Crippen molar-refractivity contribution in [3.63, 3.8) is 0 Å². The summed E-state index contributed by atoms with van der Waals surface area (Å²) < 4.78 is 47.8. The quantitative estimate of drug-likeness (QED) is 0.207. The van der Waals surface area contributed by atoms with Gasteiger partial charge in [-0.1, -0.05) is 5.16 Å². The van der Waals surface area contributed by atoms with Crippen molar-refractivity contribution in [3.8, 4) is 56.9 Å². The van der Waals surface area contributed by atoms with Gasteiger partial charge < -0.3 is 47.1 Å². The first-order chi connectivity index (χ1) is 15.3. The number of rotatable bonds is 9. The summed E-state index contributed by atoms with van der Waals surface area (Å²) in [6.07, 6.45) is 1.41. The smallest absolute Gasteiger partial charge is 0.780 e. The molecule has 1 heterocycles. The average Bonchev–Trinajstić information content (AvgIpc) is 3.26. The third-order valence-electron chi connectivity index (χ3n) is 4.46. The van der Waals surface area contributed by atoms with Crippen LogP contribution >= 0.6 is 7.82 Å². The molecule has 0 fully saturated rings. The van der Waals surface area contributed by atoms with Crippen LogP contribution in [0.2, 0.25) is 0 Å². The molecule has 3 aromatic rings. The van der Waals surface area contributed by atoms with Crippen molar-refractivity contribution in [2.75, 3.05) is 35.5 Å². The Labute approximate surface area is 240 Å². The minimum Gasteiger partial charge on any atom is -0.780 e. The number of ether oxygens (including phenoxy) is 5. The molecule has 0 aliphatic rings. The van der Waals surface area contributed by atoms with Crippen molar-refractivity contribution in [3.05, 3.63) is 30.5 Å². The molecule has 0 N–H and O–H groups in total. The van der Waals surface area contributed by atoms with Crippen molar-refractivity contribution in [2.45, 2.75) is 0 Å². The maximum Gasteiger partial charge on any atom is 1.00 e. The molecular formula is C20H20NNa2O10P. The molecule has 11 nitrogen and oxygen atoms in total. The van der Waals surface area contributed by atoms with Crippen LogP contribution in [0.15, 0.2) is 35.0 Å². The van der Waals surface area contributed by atoms with Crippen molar-refractivity contribution >= 4 is 7.82 Å². The SMILES string of the molecule is COc1cc(-c2oncc2-c2cc(OC)c(OC)c(OP(=O)([O-])[O-])c2)cc(OC)c1OC.[Na+].[Na+]. The van der Waals surface area contributed by atoms with Crippen LogP contribution in [0.4, 0.5) is 0 Å². The fraction of sp³-hybridized carbons (Fsp3) is 0.250. The number of aromatic nitrogens is 1. The standard InChI is InChI=1S/C20H22NO10P.2Na/c1-25-14-6-11(7-17(20(14)29-5)31-32(22,23)24)13-10-21-30-18(13)12-8-15(26-2)19(28-4)16(9-12)27-3;;/h6-10H,1-5H3,(H2,22,23,24);;/q;2*+1/p-2. The third-order valence-corrected chi connectivity index (χ3v) is 4.88. The molecule has 3 rings (SSSR count). The largest absolute Gasteiger partial charge is 1.00 e. The molecule has 0 unspecified atom stereocenters. The van der Waals surface area contributed by atoms with E-state index in [9.17, 15) is 14.4 Å². The zero-order valence-corrected chi connectivity index (χ0v) is 24.8. The van der Waals surface area contributed by atoms with Gasteiger partial charge in [-0.05, 0) is 29.8 Å². The Morgan fingerprint density at radius 3 is 1.62 bits per heavy atom. The van der Waals surface area contributed by atoms with Crippen LogP contribution < -0.4 is 97.1 Å². The molecule has 1 aromatic heterocycles. The molecule has 0 saturated heterocycles. The molecule has 172 valence electrons. The van der Waals surface area contributed by atoms with Crippen LogP contribution in [0.1, 0.15) is 0 Å². The van der Waals surface area contributed by atoms with E-state index in [2.05, 4.69) is 9.68 Å². The number of phosphoric ester groups is 1. The first kappa shape index (κ1) is 30.6. The predicted octanol–water partition coefficient (Wildman–Crippen LogP) is -3.73. The van der Waals surface area contributed by atoms with E-state index in [1.807, 2.05) is 0 Å². The Kier molecular flexibility index (Phi) is 11.8. The third kappa shape index (κ3) is 6.63. The first-order valence-corrected chi connectivity index (χ1v) is 10.4. The minimum absolute atomic E-state index is 0. The van der Waals surface area contributed by atoms with Crippen molar-refractivity contribution in [2.24, 2.45) is 0 Å². The van der Waals surface area contributed by atoms with Crippen LogP contribution in [0, 0.1) is 0 Å². The number of benzene rings is 2. The normalized spacial score (nSPS) is 10.4. The molecule has 0 atom stereocenters. The van der Waals surface area contributed by atoms with Crippen molar-refractivity contribution in [1.82, 2.24) is 5.16 Å². The zero-order chi connectivity index (χ0) is 23.5. The molecule has 0 spiro atoms. The second-order valence-electron chi connectivity index (χ2n) is 6.23. The van der Waals surface area contributed by atoms with E-state index < -0.39 is 7.82 Å². The summed E-state index contributed by atoms with van der Waals surface area (Å²) in [7, 11) is 1.70. The summed E-state index contributed by atoms with van der Waals surface area (Å²) in [5.74, 6) is 1.20. The summed E-state index contributed by atoms with van der Waals surface area (Å²) in [6.45, 7) is 0. The van der Waals surface area contributed by atoms with E-state index in [1.54, 1.807) is 18.2 Å². The van der Waals surface area contributed by atoms with Gasteiger partial charge in [-0.25, -0.2) is 0 Å². The molecule has 2 aromatic carbocycles. The monoisotopic (exact) mass is 511 g/mol. The number of phosphoric acid groups is 1. The van der Waals surface area contributed by atoms with Gasteiger partial charge in [0.25, 0.3) is 0 Å². The van der Waals surface area contributed by atoms with E-state index in [4.69, 9.17) is 28.2 Å². The molecule has 0 bridgehead atoms. The van der Waals surface area contributed by atoms with Gasteiger partial charge in [0.05, 0.1) is 41.7 Å². The van der Waals surface area contributed by atoms with Gasteiger partial charge >= 0.3 is 59.1 Å². The average molecular weight is 511 g/mol. The van der Waals surface area contributed by atoms with Gasteiger partial charge in [0, 0.05) is 11.1 Å². The molecule has 0 aliphatic heterocycles. The maximum absolute atomic E-state index is 11.2. The predicted molar refractivity (Wildman–Crippen MR) is 108 cm³/mol. The van der Waals surface area contributed by atoms with Gasteiger partial charge in [-0.2, -0.15) is 0 Å². The Hall–Kier alpha value is -1.40.